The number of aliphatic hydroxyl groups is 1. The Morgan fingerprint density at radius 2 is 1.22 bits per heavy atom. The summed E-state index contributed by atoms with van der Waals surface area (Å²) < 4.78 is 31.0. The molecule has 0 aliphatic carbocycles. The van der Waals surface area contributed by atoms with E-state index in [1.54, 1.807) is 34.4 Å². The van der Waals surface area contributed by atoms with Crippen molar-refractivity contribution in [2.24, 2.45) is 0 Å². The summed E-state index contributed by atoms with van der Waals surface area (Å²) in [5, 5.41) is 25.8. The number of amides is 2. The summed E-state index contributed by atoms with van der Waals surface area (Å²) in [6.45, 7) is 18.7. The predicted molar refractivity (Wildman–Crippen MR) is 230 cm³/mol. The van der Waals surface area contributed by atoms with E-state index >= 15 is 4.39 Å². The van der Waals surface area contributed by atoms with Gasteiger partial charge in [0.15, 0.2) is 0 Å². The van der Waals surface area contributed by atoms with Crippen LogP contribution < -0.4 is 10.6 Å². The quantitative estimate of drug-likeness (QED) is 0.128. The zero-order valence-electron chi connectivity index (χ0n) is 32.4. The standard InChI is InChI=1S/C21H19BrFN5O2.C21H20BrN5O3/c1-21(23)13-27(20(29)30-12-14-6-4-3-5-7-14)11-18(21)26-19-16(24-2)9-25-28-10-15(22)8-17(19)28;1-21(29)13-26(20(28)30-12-14-6-4-3-5-7-14)11-18(21)25-19-16(23-2)9-24-27-10-15(22)8-17(19)27/h3-10,18,26H,11-13H2,1H3;3-10,18,25,29H,11-13H2,1H3/t18-,21+;18-,21-/m11/s1. The number of anilines is 2. The largest absolute Gasteiger partial charge is 0.445 e. The van der Waals surface area contributed by atoms with Crippen LogP contribution in [0.5, 0.6) is 0 Å². The number of aromatic nitrogens is 4. The Morgan fingerprint density at radius 1 is 0.783 bits per heavy atom. The molecule has 2 aliphatic rings. The SMILES string of the molecule is [C-]#[N+]c1cnn2cc(Br)cc2c1N[C@@H]1CN(C(=O)OCc2ccccc2)C[C@@]1(C)O.[C-]#[N+]c1cnn2cc(Br)cc2c1N[C@@H]1CN(C(=O)OCc2ccccc2)C[C@]1(C)F. The van der Waals surface area contributed by atoms with Crippen molar-refractivity contribution in [3.05, 3.63) is 140 Å². The van der Waals surface area contributed by atoms with Gasteiger partial charge >= 0.3 is 12.2 Å². The molecule has 0 radical (unpaired) electrons. The highest BCUT2D eigenvalue weighted by atomic mass is 79.9. The lowest BCUT2D eigenvalue weighted by Crippen LogP contribution is -2.43. The van der Waals surface area contributed by atoms with Gasteiger partial charge in [0.2, 0.25) is 11.4 Å². The Kier molecular flexibility index (Phi) is 12.3. The number of carbonyl (C=O) groups excluding carboxylic acids is 2. The van der Waals surface area contributed by atoms with E-state index in [1.807, 2.05) is 66.7 Å². The van der Waals surface area contributed by atoms with Gasteiger partial charge in [0.1, 0.15) is 24.5 Å². The monoisotopic (exact) mass is 940 g/mol. The first-order valence-corrected chi connectivity index (χ1v) is 20.3. The zero-order chi connectivity index (χ0) is 42.6. The van der Waals surface area contributed by atoms with Crippen molar-refractivity contribution in [3.63, 3.8) is 0 Å². The summed E-state index contributed by atoms with van der Waals surface area (Å²) >= 11 is 6.82. The third-order valence-electron chi connectivity index (χ3n) is 10.3. The Bertz CT molecular complexity index is 2430. The number of hydrogen-bond acceptors (Lipinski definition) is 9. The lowest BCUT2D eigenvalue weighted by Gasteiger charge is -2.26. The summed E-state index contributed by atoms with van der Waals surface area (Å²) in [6.07, 6.45) is 5.40. The highest BCUT2D eigenvalue weighted by Gasteiger charge is 2.47. The van der Waals surface area contributed by atoms with Gasteiger partial charge in [-0.1, -0.05) is 60.7 Å². The van der Waals surface area contributed by atoms with E-state index in [9.17, 15) is 14.7 Å². The maximum Gasteiger partial charge on any atom is 0.410 e. The first kappa shape index (κ1) is 41.9. The summed E-state index contributed by atoms with van der Waals surface area (Å²) in [5.74, 6) is 0. The molecular weight excluding hydrogens is 903 g/mol. The van der Waals surface area contributed by atoms with E-state index in [1.165, 1.54) is 29.1 Å². The minimum Gasteiger partial charge on any atom is -0.445 e. The molecule has 6 heterocycles. The number of hydrogen-bond donors (Lipinski definition) is 3. The van der Waals surface area contributed by atoms with Gasteiger partial charge in [0.05, 0.1) is 73.1 Å². The Morgan fingerprint density at radius 3 is 1.68 bits per heavy atom. The number of fused-ring (bicyclic) bond motifs is 2. The van der Waals surface area contributed by atoms with Gasteiger partial charge in [0, 0.05) is 34.4 Å². The third kappa shape index (κ3) is 9.31. The second kappa shape index (κ2) is 17.6. The molecule has 4 atom stereocenters. The predicted octanol–water partition coefficient (Wildman–Crippen LogP) is 8.64. The maximum absolute atomic E-state index is 15.4. The smallest absolute Gasteiger partial charge is 0.410 e. The summed E-state index contributed by atoms with van der Waals surface area (Å²) in [5.41, 5.74) is 1.89. The van der Waals surface area contributed by atoms with Crippen LogP contribution in [0.4, 0.5) is 36.7 Å². The second-order valence-electron chi connectivity index (χ2n) is 14.9. The third-order valence-corrected chi connectivity index (χ3v) is 11.1. The zero-order valence-corrected chi connectivity index (χ0v) is 35.6. The van der Waals surface area contributed by atoms with Crippen LogP contribution in [0, 0.1) is 13.1 Å². The molecule has 0 spiro atoms. The summed E-state index contributed by atoms with van der Waals surface area (Å²) in [4.78, 5) is 34.9. The average Bonchev–Trinajstić information content (AvgIpc) is 3.98. The summed E-state index contributed by atoms with van der Waals surface area (Å²) in [7, 11) is 0. The van der Waals surface area contributed by atoms with Crippen molar-refractivity contribution < 1.29 is 28.6 Å². The van der Waals surface area contributed by atoms with Crippen LogP contribution in [0.15, 0.2) is 107 Å². The lowest BCUT2D eigenvalue weighted by molar-refractivity contribution is 0.0536. The fourth-order valence-electron chi connectivity index (χ4n) is 7.08. The molecular formula is C42H39Br2FN10O5. The van der Waals surface area contributed by atoms with Crippen LogP contribution in [-0.4, -0.2) is 95.9 Å². The lowest BCUT2D eigenvalue weighted by atomic mass is 10.0. The molecule has 0 unspecified atom stereocenters. The molecule has 2 saturated heterocycles. The fraction of sp³-hybridized carbons (Fsp3) is 0.286. The number of benzene rings is 2. The minimum atomic E-state index is -1.70. The van der Waals surface area contributed by atoms with E-state index in [4.69, 9.17) is 22.6 Å². The number of carbonyl (C=O) groups is 2. The molecule has 6 aromatic rings. The fourth-order valence-corrected chi connectivity index (χ4v) is 7.90. The number of nitrogens with one attached hydrogen (secondary N) is 2. The van der Waals surface area contributed by atoms with Crippen molar-refractivity contribution in [1.82, 2.24) is 29.0 Å². The molecule has 3 N–H and O–H groups in total. The van der Waals surface area contributed by atoms with Crippen LogP contribution >= 0.6 is 31.9 Å². The molecule has 2 aliphatic heterocycles. The topological polar surface area (TPSA) is 147 Å². The number of nitrogens with zero attached hydrogens (tertiary/aromatic N) is 8. The number of halogens is 3. The Hall–Kier alpha value is -6.21. The van der Waals surface area contributed by atoms with Crippen LogP contribution in [-0.2, 0) is 22.7 Å². The van der Waals surface area contributed by atoms with E-state index in [2.05, 4.69) is 62.4 Å². The molecule has 2 amide bonds. The molecule has 60 heavy (non-hydrogen) atoms. The van der Waals surface area contributed by atoms with E-state index < -0.39 is 35.5 Å². The number of likely N-dealkylation sites (tertiary alicyclic amines) is 2. The maximum atomic E-state index is 15.4. The van der Waals surface area contributed by atoms with E-state index in [0.29, 0.717) is 28.1 Å². The first-order valence-electron chi connectivity index (χ1n) is 18.7. The highest BCUT2D eigenvalue weighted by Crippen LogP contribution is 2.37. The van der Waals surface area contributed by atoms with Crippen LogP contribution in [0.2, 0.25) is 0 Å². The van der Waals surface area contributed by atoms with Crippen molar-refractivity contribution in [1.29, 1.82) is 0 Å². The second-order valence-corrected chi connectivity index (χ2v) is 16.7. The van der Waals surface area contributed by atoms with Gasteiger partial charge in [-0.25, -0.2) is 32.7 Å². The minimum absolute atomic E-state index is 0.0995. The molecule has 308 valence electrons. The molecule has 4 aromatic heterocycles. The normalized spacial score (nSPS) is 20.9. The van der Waals surface area contributed by atoms with Gasteiger partial charge in [-0.05, 0) is 69.0 Å². The van der Waals surface area contributed by atoms with Crippen molar-refractivity contribution >= 4 is 77.8 Å². The van der Waals surface area contributed by atoms with Gasteiger partial charge < -0.3 is 35.0 Å². The van der Waals surface area contributed by atoms with Gasteiger partial charge in [0.25, 0.3) is 0 Å². The molecule has 15 nitrogen and oxygen atoms in total. The number of ether oxygens (including phenoxy) is 2. The van der Waals surface area contributed by atoms with Crippen LogP contribution in [0.1, 0.15) is 25.0 Å². The van der Waals surface area contributed by atoms with Crippen molar-refractivity contribution in [3.8, 4) is 0 Å². The molecule has 8 rings (SSSR count). The van der Waals surface area contributed by atoms with Crippen LogP contribution in [0.25, 0.3) is 20.7 Å². The van der Waals surface area contributed by atoms with Crippen molar-refractivity contribution in [2.45, 2.75) is 50.4 Å². The molecule has 0 saturated carbocycles. The van der Waals surface area contributed by atoms with Crippen molar-refractivity contribution in [2.75, 3.05) is 36.8 Å². The van der Waals surface area contributed by atoms with E-state index in [0.717, 1.165) is 20.1 Å². The molecule has 0 bridgehead atoms. The number of alkyl halides is 1. The first-order chi connectivity index (χ1) is 28.7. The van der Waals surface area contributed by atoms with E-state index in [-0.39, 0.29) is 45.1 Å². The van der Waals surface area contributed by atoms with Gasteiger partial charge in [-0.2, -0.15) is 10.2 Å². The number of rotatable bonds is 8. The Balaban J connectivity index is 0.000000181. The van der Waals surface area contributed by atoms with Gasteiger partial charge in [-0.15, -0.1) is 0 Å². The number of β-amino-alcohol motifs (C(OH)–C–C–N with tert-alkyl or cyclic N) is 1. The highest BCUT2D eigenvalue weighted by molar-refractivity contribution is 9.10. The Labute approximate surface area is 361 Å². The van der Waals surface area contributed by atoms with Crippen LogP contribution in [0.3, 0.4) is 0 Å². The molecule has 2 fully saturated rings. The molecule has 18 heteroatoms. The van der Waals surface area contributed by atoms with Gasteiger partial charge in [-0.3, -0.25) is 0 Å². The molecule has 2 aromatic carbocycles. The summed E-state index contributed by atoms with van der Waals surface area (Å²) in [6, 6.07) is 21.2. The average molecular weight is 943 g/mol.